The molecule has 11 heavy (non-hydrogen) atoms. The van der Waals surface area contributed by atoms with Crippen molar-refractivity contribution in [2.75, 3.05) is 0 Å². The fourth-order valence-electron chi connectivity index (χ4n) is 0.516. The molecule has 1 rings (SSSR count). The summed E-state index contributed by atoms with van der Waals surface area (Å²) in [5.41, 5.74) is 0. The Balaban J connectivity index is 3.14. The van der Waals surface area contributed by atoms with Crippen LogP contribution in [0.3, 0.4) is 0 Å². The number of nitrogens with zero attached hydrogens (tertiary/aromatic N) is 2. The van der Waals surface area contributed by atoms with E-state index >= 15 is 0 Å². The first-order valence-corrected chi connectivity index (χ1v) is 3.85. The highest BCUT2D eigenvalue weighted by molar-refractivity contribution is 7.57. The molecule has 0 saturated carbocycles. The monoisotopic (exact) mass is 205 g/mol. The van der Waals surface area contributed by atoms with Crippen LogP contribution in [0.2, 0.25) is 10.0 Å². The van der Waals surface area contributed by atoms with Gasteiger partial charge in [0.15, 0.2) is 5.82 Å². The molecule has 1 heterocycles. The van der Waals surface area contributed by atoms with Gasteiger partial charge in [-0.15, -0.1) is 4.99 Å². The van der Waals surface area contributed by atoms with E-state index in [2.05, 4.69) is 27.4 Å². The third kappa shape index (κ3) is 2.24. The van der Waals surface area contributed by atoms with E-state index in [0.717, 1.165) is 0 Å². The van der Waals surface area contributed by atoms with Crippen molar-refractivity contribution in [3.8, 4) is 0 Å². The van der Waals surface area contributed by atoms with Gasteiger partial charge in [0, 0.05) is 12.3 Å². The van der Waals surface area contributed by atoms with E-state index < -0.39 is 0 Å². The Morgan fingerprint density at radius 1 is 1.45 bits per heavy atom. The fraction of sp³-hybridized carbons (Fsp3) is 0. The maximum Gasteiger partial charge on any atom is 0.300 e. The van der Waals surface area contributed by atoms with Crippen LogP contribution in [-0.4, -0.2) is 10.1 Å². The van der Waals surface area contributed by atoms with E-state index in [4.69, 9.17) is 23.2 Å². The smallest absolute Gasteiger partial charge is 0.235 e. The van der Waals surface area contributed by atoms with Crippen LogP contribution >= 0.6 is 23.2 Å². The number of aliphatic imine (C=N–C) groups is 1. The minimum absolute atomic E-state index is 0.407. The molecule has 5 heteroatoms. The zero-order valence-corrected chi connectivity index (χ0v) is 7.66. The Morgan fingerprint density at radius 2 is 2.18 bits per heavy atom. The highest BCUT2D eigenvalue weighted by Gasteiger charge is 1.98. The van der Waals surface area contributed by atoms with Gasteiger partial charge in [0.2, 0.25) is 12.2 Å². The maximum absolute atomic E-state index is 5.66. The molecule has 0 radical (unpaired) electrons. The van der Waals surface area contributed by atoms with Crippen molar-refractivity contribution in [2.45, 2.75) is 0 Å². The number of halogens is 2. The molecule has 0 atom stereocenters. The van der Waals surface area contributed by atoms with Gasteiger partial charge in [-0.1, -0.05) is 23.2 Å². The lowest BCUT2D eigenvalue weighted by Crippen LogP contribution is -1.74. The van der Waals surface area contributed by atoms with Crippen LogP contribution in [0.25, 0.3) is 0 Å². The third-order valence-corrected chi connectivity index (χ3v) is 1.77. The molecule has 0 fully saturated rings. The molecule has 0 aliphatic heterocycles. The van der Waals surface area contributed by atoms with Gasteiger partial charge >= 0.3 is 5.16 Å². The molecule has 0 bridgehead atoms. The summed E-state index contributed by atoms with van der Waals surface area (Å²) in [6.45, 7) is 0. The van der Waals surface area contributed by atoms with Gasteiger partial charge in [-0.05, 0) is 0 Å². The summed E-state index contributed by atoms with van der Waals surface area (Å²) < 4.78 is 0. The van der Waals surface area contributed by atoms with Crippen LogP contribution in [-0.2, 0) is 12.2 Å². The van der Waals surface area contributed by atoms with Crippen LogP contribution in [0.4, 0.5) is 5.82 Å². The van der Waals surface area contributed by atoms with E-state index in [1.807, 2.05) is 0 Å². The third-order valence-electron chi connectivity index (χ3n) is 0.959. The van der Waals surface area contributed by atoms with E-state index in [1.165, 1.54) is 12.3 Å². The number of rotatable bonds is 1. The van der Waals surface area contributed by atoms with Crippen molar-refractivity contribution < 1.29 is 0 Å². The molecule has 2 nitrogen and oxygen atoms in total. The van der Waals surface area contributed by atoms with Gasteiger partial charge in [0.25, 0.3) is 0 Å². The molecule has 0 aliphatic rings. The number of hydrogen-bond donors (Lipinski definition) is 0. The molecular weight excluding hydrogens is 203 g/mol. The van der Waals surface area contributed by atoms with Crippen molar-refractivity contribution in [1.29, 1.82) is 0 Å². The molecule has 0 saturated heterocycles. The largest absolute Gasteiger partial charge is 0.300 e. The lowest BCUT2D eigenvalue weighted by atomic mass is 10.5. The topological polar surface area (TPSA) is 25.2 Å². The number of thiol groups is 1. The van der Waals surface area contributed by atoms with E-state index in [0.29, 0.717) is 15.9 Å². The van der Waals surface area contributed by atoms with Crippen LogP contribution in [0.5, 0.6) is 0 Å². The molecule has 56 valence electrons. The Hall–Kier alpha value is -0.470. The van der Waals surface area contributed by atoms with Crippen molar-refractivity contribution >= 4 is 46.4 Å². The summed E-state index contributed by atoms with van der Waals surface area (Å²) in [7, 11) is 0. The van der Waals surface area contributed by atoms with Gasteiger partial charge in [-0.25, -0.2) is 4.98 Å². The summed E-state index contributed by atoms with van der Waals surface area (Å²) in [5.74, 6) is 0.439. The second-order valence-electron chi connectivity index (χ2n) is 1.67. The number of isothiocyanates is 1. The highest BCUT2D eigenvalue weighted by atomic mass is 35.5. The second-order valence-corrected chi connectivity index (χ2v) is 2.68. The molecule has 0 unspecified atom stereocenters. The average Bonchev–Trinajstić information content (AvgIpc) is 1.98. The summed E-state index contributed by atoms with van der Waals surface area (Å²) >= 11 is 14.9. The van der Waals surface area contributed by atoms with E-state index in [-0.39, 0.29) is 0 Å². The SMILES string of the molecule is [SH+]=C=Nc1cc(Cl)c(Cl)cn1. The molecule has 1 aromatic rings. The summed E-state index contributed by atoms with van der Waals surface area (Å²) in [6.07, 6.45) is 1.42. The van der Waals surface area contributed by atoms with Crippen LogP contribution in [0.1, 0.15) is 0 Å². The molecular formula is C6H3Cl2N2S+. The summed E-state index contributed by atoms with van der Waals surface area (Å²) in [5, 5.41) is 3.11. The Labute approximate surface area is 78.9 Å². The van der Waals surface area contributed by atoms with E-state index in [1.54, 1.807) is 0 Å². The zero-order chi connectivity index (χ0) is 8.27. The van der Waals surface area contributed by atoms with Gasteiger partial charge in [0.05, 0.1) is 10.0 Å². The van der Waals surface area contributed by atoms with Gasteiger partial charge in [0.1, 0.15) is 0 Å². The first-order valence-electron chi connectivity index (χ1n) is 2.65. The predicted molar refractivity (Wildman–Crippen MR) is 50.1 cm³/mol. The molecule has 0 amide bonds. The van der Waals surface area contributed by atoms with Gasteiger partial charge < -0.3 is 0 Å². The minimum Gasteiger partial charge on any atom is -0.235 e. The van der Waals surface area contributed by atoms with Crippen molar-refractivity contribution in [3.63, 3.8) is 0 Å². The van der Waals surface area contributed by atoms with Crippen molar-refractivity contribution in [2.24, 2.45) is 4.99 Å². The van der Waals surface area contributed by atoms with Gasteiger partial charge in [-0.2, -0.15) is 0 Å². The quantitative estimate of drug-likeness (QED) is 0.299. The summed E-state index contributed by atoms with van der Waals surface area (Å²) in [6, 6.07) is 1.53. The first kappa shape index (κ1) is 8.62. The average molecular weight is 206 g/mol. The van der Waals surface area contributed by atoms with Crippen molar-refractivity contribution in [3.05, 3.63) is 22.3 Å². The molecule has 0 aliphatic carbocycles. The van der Waals surface area contributed by atoms with Crippen LogP contribution < -0.4 is 0 Å². The second kappa shape index (κ2) is 3.79. The van der Waals surface area contributed by atoms with E-state index in [9.17, 15) is 0 Å². The highest BCUT2D eigenvalue weighted by Crippen LogP contribution is 2.23. The Morgan fingerprint density at radius 3 is 2.73 bits per heavy atom. The number of aromatic nitrogens is 1. The molecule has 1 aromatic heterocycles. The van der Waals surface area contributed by atoms with Gasteiger partial charge in [-0.3, -0.25) is 0 Å². The molecule has 0 spiro atoms. The standard InChI is InChI=1S/C6H2Cl2N2S/c7-4-1-6(10-3-11)9-2-5(4)8/h1-2H/p+1. The predicted octanol–water partition coefficient (Wildman–Crippen LogP) is 2.20. The zero-order valence-electron chi connectivity index (χ0n) is 5.25. The normalized spacial score (nSPS) is 8.91. The Bertz CT molecular complexity index is 320. The number of pyridine rings is 1. The fourth-order valence-corrected chi connectivity index (χ4v) is 0.869. The Kier molecular flexibility index (Phi) is 2.97. The summed E-state index contributed by atoms with van der Waals surface area (Å²) in [4.78, 5) is 7.50. The van der Waals surface area contributed by atoms with Crippen LogP contribution in [0.15, 0.2) is 17.3 Å². The molecule has 0 N–H and O–H groups in total. The lowest BCUT2D eigenvalue weighted by Gasteiger charge is -1.92. The first-order chi connectivity index (χ1) is 5.24. The van der Waals surface area contributed by atoms with Crippen LogP contribution in [0, 0.1) is 0 Å². The number of hydrogen-bond acceptors (Lipinski definition) is 2. The van der Waals surface area contributed by atoms with Crippen molar-refractivity contribution in [1.82, 2.24) is 4.98 Å². The molecule has 0 aromatic carbocycles. The minimum atomic E-state index is 0.407. The maximum atomic E-state index is 5.66. The lowest BCUT2D eigenvalue weighted by molar-refractivity contribution is 1.28.